The van der Waals surface area contributed by atoms with Gasteiger partial charge in [-0.3, -0.25) is 4.90 Å². The highest BCUT2D eigenvalue weighted by Gasteiger charge is 2.28. The lowest BCUT2D eigenvalue weighted by atomic mass is 9.95. The highest BCUT2D eigenvalue weighted by Crippen LogP contribution is 2.30. The summed E-state index contributed by atoms with van der Waals surface area (Å²) in [7, 11) is 0. The van der Waals surface area contributed by atoms with Crippen LogP contribution in [0.15, 0.2) is 22.9 Å². The van der Waals surface area contributed by atoms with Crippen LogP contribution in [-0.2, 0) is 0 Å². The van der Waals surface area contributed by atoms with Crippen molar-refractivity contribution in [1.82, 2.24) is 10.1 Å². The van der Waals surface area contributed by atoms with Gasteiger partial charge in [0.05, 0.1) is 6.20 Å². The van der Waals surface area contributed by atoms with Crippen LogP contribution in [0.5, 0.6) is 0 Å². The highest BCUT2D eigenvalue weighted by atomic mass is 16.5. The van der Waals surface area contributed by atoms with Gasteiger partial charge in [0.15, 0.2) is 5.76 Å². The van der Waals surface area contributed by atoms with Crippen molar-refractivity contribution in [2.75, 3.05) is 13.1 Å². The van der Waals surface area contributed by atoms with Crippen molar-refractivity contribution in [2.24, 2.45) is 5.92 Å². The molecule has 1 aromatic heterocycles. The van der Waals surface area contributed by atoms with Crippen molar-refractivity contribution in [3.8, 4) is 0 Å². The number of nitrogens with zero attached hydrogens (tertiary/aromatic N) is 2. The molecule has 16 heavy (non-hydrogen) atoms. The molecule has 0 amide bonds. The molecular formula is C13H18N2O. The Morgan fingerprint density at radius 1 is 1.25 bits per heavy atom. The third-order valence-electron chi connectivity index (χ3n) is 3.93. The molecule has 3 fully saturated rings. The molecule has 3 saturated heterocycles. The van der Waals surface area contributed by atoms with Gasteiger partial charge < -0.3 is 4.52 Å². The number of piperidine rings is 1. The van der Waals surface area contributed by atoms with E-state index in [2.05, 4.69) is 22.2 Å². The Hall–Kier alpha value is -1.09. The van der Waals surface area contributed by atoms with Gasteiger partial charge in [0.1, 0.15) is 0 Å². The van der Waals surface area contributed by atoms with Crippen LogP contribution in [-0.4, -0.2) is 29.2 Å². The second kappa shape index (κ2) is 4.42. The molecule has 1 atom stereocenters. The summed E-state index contributed by atoms with van der Waals surface area (Å²) in [6, 6.07) is 2.51. The SMILES string of the molecule is C(=CC1CCC2CCN1CC2)c1ccno1. The van der Waals surface area contributed by atoms with Gasteiger partial charge in [-0.2, -0.15) is 0 Å². The first kappa shape index (κ1) is 10.1. The molecular weight excluding hydrogens is 200 g/mol. The van der Waals surface area contributed by atoms with Gasteiger partial charge in [0.25, 0.3) is 0 Å². The topological polar surface area (TPSA) is 29.3 Å². The van der Waals surface area contributed by atoms with Gasteiger partial charge >= 0.3 is 0 Å². The zero-order valence-electron chi connectivity index (χ0n) is 9.51. The molecule has 86 valence electrons. The predicted molar refractivity (Wildman–Crippen MR) is 62.9 cm³/mol. The Morgan fingerprint density at radius 3 is 2.88 bits per heavy atom. The van der Waals surface area contributed by atoms with E-state index in [9.17, 15) is 0 Å². The largest absolute Gasteiger partial charge is 0.357 e. The van der Waals surface area contributed by atoms with Gasteiger partial charge in [0, 0.05) is 12.1 Å². The molecule has 0 radical (unpaired) electrons. The van der Waals surface area contributed by atoms with Crippen molar-refractivity contribution >= 4 is 6.08 Å². The summed E-state index contributed by atoms with van der Waals surface area (Å²) in [6.07, 6.45) is 11.5. The minimum Gasteiger partial charge on any atom is -0.357 e. The van der Waals surface area contributed by atoms with E-state index < -0.39 is 0 Å². The number of aromatic nitrogens is 1. The Kier molecular flexibility index (Phi) is 2.79. The van der Waals surface area contributed by atoms with Crippen molar-refractivity contribution in [3.05, 3.63) is 24.1 Å². The molecule has 2 bridgehead atoms. The van der Waals surface area contributed by atoms with Crippen LogP contribution in [0, 0.1) is 5.92 Å². The normalized spacial score (nSPS) is 34.4. The summed E-state index contributed by atoms with van der Waals surface area (Å²) < 4.78 is 5.08. The fourth-order valence-corrected chi connectivity index (χ4v) is 2.90. The van der Waals surface area contributed by atoms with Gasteiger partial charge in [-0.05, 0) is 50.8 Å². The van der Waals surface area contributed by atoms with E-state index in [1.54, 1.807) is 6.20 Å². The van der Waals surface area contributed by atoms with E-state index in [0.717, 1.165) is 11.7 Å². The average Bonchev–Trinajstić information content (AvgIpc) is 2.69. The van der Waals surface area contributed by atoms with Gasteiger partial charge in [0.2, 0.25) is 0 Å². The Balaban J connectivity index is 1.70. The quantitative estimate of drug-likeness (QED) is 0.764. The molecule has 3 nitrogen and oxygen atoms in total. The molecule has 1 unspecified atom stereocenters. The maximum absolute atomic E-state index is 5.08. The molecule has 0 N–H and O–H groups in total. The lowest BCUT2D eigenvalue weighted by Crippen LogP contribution is -2.36. The van der Waals surface area contributed by atoms with Crippen LogP contribution in [0.3, 0.4) is 0 Å². The second-order valence-corrected chi connectivity index (χ2v) is 4.90. The Labute approximate surface area is 96.1 Å². The third-order valence-corrected chi connectivity index (χ3v) is 3.93. The maximum Gasteiger partial charge on any atom is 0.159 e. The van der Waals surface area contributed by atoms with Crippen LogP contribution in [0.25, 0.3) is 6.08 Å². The summed E-state index contributed by atoms with van der Waals surface area (Å²) in [6.45, 7) is 2.55. The van der Waals surface area contributed by atoms with Gasteiger partial charge in [-0.1, -0.05) is 11.2 Å². The van der Waals surface area contributed by atoms with E-state index in [-0.39, 0.29) is 0 Å². The second-order valence-electron chi connectivity index (χ2n) is 4.90. The molecule has 0 aliphatic carbocycles. The lowest BCUT2D eigenvalue weighted by molar-refractivity contribution is 0.194. The van der Waals surface area contributed by atoms with Crippen LogP contribution in [0.2, 0.25) is 0 Å². The standard InChI is InChI=1S/C13H18N2O/c1-2-12(3-4-13-5-8-14-16-13)15-9-6-11(1)7-10-15/h3-5,8,11-12H,1-2,6-7,9-10H2. The van der Waals surface area contributed by atoms with E-state index in [1.807, 2.05) is 6.07 Å². The Morgan fingerprint density at radius 2 is 2.12 bits per heavy atom. The van der Waals surface area contributed by atoms with Gasteiger partial charge in [-0.25, -0.2) is 0 Å². The molecule has 3 aliphatic rings. The predicted octanol–water partition coefficient (Wildman–Crippen LogP) is 2.56. The first-order valence-electron chi connectivity index (χ1n) is 6.25. The van der Waals surface area contributed by atoms with Crippen molar-refractivity contribution in [1.29, 1.82) is 0 Å². The first-order valence-corrected chi connectivity index (χ1v) is 6.25. The zero-order chi connectivity index (χ0) is 10.8. The number of rotatable bonds is 2. The molecule has 3 aliphatic heterocycles. The summed E-state index contributed by atoms with van der Waals surface area (Å²) in [5, 5.41) is 3.71. The first-order chi connectivity index (χ1) is 7.92. The molecule has 4 rings (SSSR count). The summed E-state index contributed by atoms with van der Waals surface area (Å²) in [4.78, 5) is 2.61. The summed E-state index contributed by atoms with van der Waals surface area (Å²) in [5.74, 6) is 1.85. The molecule has 0 saturated carbocycles. The lowest BCUT2D eigenvalue weighted by Gasteiger charge is -2.30. The van der Waals surface area contributed by atoms with Crippen LogP contribution in [0.1, 0.15) is 31.4 Å². The minimum atomic E-state index is 0.609. The number of hydrogen-bond acceptors (Lipinski definition) is 3. The number of hydrogen-bond donors (Lipinski definition) is 0. The summed E-state index contributed by atoms with van der Waals surface area (Å²) >= 11 is 0. The van der Waals surface area contributed by atoms with Crippen molar-refractivity contribution in [2.45, 2.75) is 31.7 Å². The van der Waals surface area contributed by atoms with E-state index in [1.165, 1.54) is 38.8 Å². The Bertz CT molecular complexity index is 350. The van der Waals surface area contributed by atoms with E-state index in [0.29, 0.717) is 6.04 Å². The average molecular weight is 218 g/mol. The van der Waals surface area contributed by atoms with E-state index in [4.69, 9.17) is 4.52 Å². The van der Waals surface area contributed by atoms with Crippen molar-refractivity contribution < 1.29 is 4.52 Å². The monoisotopic (exact) mass is 218 g/mol. The molecule has 1 aromatic rings. The third kappa shape index (κ3) is 2.05. The van der Waals surface area contributed by atoms with Crippen molar-refractivity contribution in [3.63, 3.8) is 0 Å². The number of fused-ring (bicyclic) bond motifs is 4. The molecule has 4 heterocycles. The zero-order valence-corrected chi connectivity index (χ0v) is 9.51. The van der Waals surface area contributed by atoms with E-state index >= 15 is 0 Å². The summed E-state index contributed by atoms with van der Waals surface area (Å²) in [5.41, 5.74) is 0. The van der Waals surface area contributed by atoms with Crippen LogP contribution in [0.4, 0.5) is 0 Å². The van der Waals surface area contributed by atoms with Gasteiger partial charge in [-0.15, -0.1) is 0 Å². The van der Waals surface area contributed by atoms with Crippen LogP contribution >= 0.6 is 0 Å². The maximum atomic E-state index is 5.08. The fraction of sp³-hybridized carbons (Fsp3) is 0.615. The van der Waals surface area contributed by atoms with Crippen LogP contribution < -0.4 is 0 Å². The molecule has 3 heteroatoms. The molecule has 0 spiro atoms. The fourth-order valence-electron chi connectivity index (χ4n) is 2.90. The highest BCUT2D eigenvalue weighted by molar-refractivity contribution is 5.42. The molecule has 0 aromatic carbocycles. The minimum absolute atomic E-state index is 0.609. The smallest absolute Gasteiger partial charge is 0.159 e.